The molecule has 5 heteroatoms. The number of hydrogen-bond acceptors (Lipinski definition) is 4. The van der Waals surface area contributed by atoms with Crippen LogP contribution in [0.25, 0.3) is 0 Å². The van der Waals surface area contributed by atoms with Crippen LogP contribution in [0.1, 0.15) is 23.7 Å². The molecule has 2 unspecified atom stereocenters. The molecule has 1 rings (SSSR count). The van der Waals surface area contributed by atoms with Crippen LogP contribution in [0.4, 0.5) is 4.39 Å². The molecule has 1 aromatic carbocycles. The van der Waals surface area contributed by atoms with Crippen molar-refractivity contribution < 1.29 is 19.7 Å². The van der Waals surface area contributed by atoms with Gasteiger partial charge in [0.25, 0.3) is 0 Å². The summed E-state index contributed by atoms with van der Waals surface area (Å²) in [6, 6.07) is 5.14. The van der Waals surface area contributed by atoms with Crippen molar-refractivity contribution >= 4 is 0 Å². The molecule has 0 aromatic heterocycles. The smallest absolute Gasteiger partial charge is 0.124 e. The largest absolute Gasteiger partial charge is 0.396 e. The lowest BCUT2D eigenvalue weighted by atomic mass is 10.0. The Balaban J connectivity index is 2.95. The second-order valence-corrected chi connectivity index (χ2v) is 3.41. The van der Waals surface area contributed by atoms with Gasteiger partial charge >= 0.3 is 0 Å². The first-order valence-electron chi connectivity index (χ1n) is 4.76. The van der Waals surface area contributed by atoms with Crippen LogP contribution in [0.5, 0.6) is 0 Å². The average Bonchev–Trinajstić information content (AvgIpc) is 2.27. The Bertz CT molecular complexity index is 403. The Morgan fingerprint density at radius 2 is 2.00 bits per heavy atom. The first-order chi connectivity index (χ1) is 7.58. The first-order valence-corrected chi connectivity index (χ1v) is 4.76. The third kappa shape index (κ3) is 3.00. The fraction of sp³-hybridized carbons (Fsp3) is 0.364. The van der Waals surface area contributed by atoms with Crippen molar-refractivity contribution in [1.82, 2.24) is 0 Å². The number of nitrogens with zero attached hydrogens (tertiary/aromatic N) is 1. The van der Waals surface area contributed by atoms with Crippen LogP contribution in [0, 0.1) is 17.1 Å². The molecule has 16 heavy (non-hydrogen) atoms. The lowest BCUT2D eigenvalue weighted by molar-refractivity contribution is 0.00407. The van der Waals surface area contributed by atoms with Gasteiger partial charge in [0.15, 0.2) is 0 Å². The van der Waals surface area contributed by atoms with Crippen LogP contribution in [0.15, 0.2) is 18.2 Å². The Morgan fingerprint density at radius 1 is 1.31 bits per heavy atom. The summed E-state index contributed by atoms with van der Waals surface area (Å²) in [5.41, 5.74) is 0.197. The van der Waals surface area contributed by atoms with Crippen LogP contribution in [0.3, 0.4) is 0 Å². The third-order valence-electron chi connectivity index (χ3n) is 2.18. The van der Waals surface area contributed by atoms with E-state index in [4.69, 9.17) is 10.4 Å². The monoisotopic (exact) mass is 225 g/mol. The molecule has 0 spiro atoms. The molecule has 0 bridgehead atoms. The molecule has 0 aliphatic rings. The standard InChI is InChI=1S/C11H12FNO3/c12-9-4-7(6-13)3-8(5-9)11(16)10(15)1-2-14/h3-5,10-11,14-16H,1-2H2. The minimum atomic E-state index is -1.31. The second kappa shape index (κ2) is 5.56. The topological polar surface area (TPSA) is 84.5 Å². The highest BCUT2D eigenvalue weighted by Gasteiger charge is 2.18. The predicted octanol–water partition coefficient (Wildman–Crippen LogP) is 0.474. The SMILES string of the molecule is N#Cc1cc(F)cc(C(O)C(O)CCO)c1. The molecule has 0 aliphatic carbocycles. The molecule has 0 fully saturated rings. The van der Waals surface area contributed by atoms with Crippen molar-refractivity contribution in [3.8, 4) is 6.07 Å². The number of hydrogen-bond donors (Lipinski definition) is 3. The van der Waals surface area contributed by atoms with E-state index < -0.39 is 18.0 Å². The molecule has 0 aliphatic heterocycles. The van der Waals surface area contributed by atoms with Crippen LogP contribution in [-0.2, 0) is 0 Å². The summed E-state index contributed by atoms with van der Waals surface area (Å²) in [7, 11) is 0. The predicted molar refractivity (Wildman–Crippen MR) is 53.8 cm³/mol. The molecule has 86 valence electrons. The average molecular weight is 225 g/mol. The Labute approximate surface area is 92.2 Å². The molecule has 0 amide bonds. The number of aliphatic hydroxyl groups excluding tert-OH is 3. The highest BCUT2D eigenvalue weighted by molar-refractivity contribution is 5.34. The maximum atomic E-state index is 13.0. The molecule has 4 nitrogen and oxygen atoms in total. The molecule has 1 aromatic rings. The van der Waals surface area contributed by atoms with E-state index in [1.54, 1.807) is 6.07 Å². The summed E-state index contributed by atoms with van der Waals surface area (Å²) >= 11 is 0. The van der Waals surface area contributed by atoms with Gasteiger partial charge in [-0.3, -0.25) is 0 Å². The fourth-order valence-electron chi connectivity index (χ4n) is 1.36. The van der Waals surface area contributed by atoms with Gasteiger partial charge < -0.3 is 15.3 Å². The number of benzene rings is 1. The number of halogens is 1. The van der Waals surface area contributed by atoms with E-state index in [0.29, 0.717) is 0 Å². The molecule has 0 heterocycles. The quantitative estimate of drug-likeness (QED) is 0.695. The van der Waals surface area contributed by atoms with Crippen LogP contribution in [-0.4, -0.2) is 28.0 Å². The van der Waals surface area contributed by atoms with Crippen LogP contribution >= 0.6 is 0 Å². The van der Waals surface area contributed by atoms with Gasteiger partial charge in [-0.05, 0) is 30.2 Å². The summed E-state index contributed by atoms with van der Waals surface area (Å²) in [6.07, 6.45) is -2.51. The zero-order valence-corrected chi connectivity index (χ0v) is 8.47. The molecule has 2 atom stereocenters. The van der Waals surface area contributed by atoms with Gasteiger partial charge in [0.1, 0.15) is 11.9 Å². The minimum Gasteiger partial charge on any atom is -0.396 e. The van der Waals surface area contributed by atoms with Crippen LogP contribution < -0.4 is 0 Å². The van der Waals surface area contributed by atoms with E-state index in [1.165, 1.54) is 6.07 Å². The highest BCUT2D eigenvalue weighted by atomic mass is 19.1. The maximum Gasteiger partial charge on any atom is 0.124 e. The molecular weight excluding hydrogens is 213 g/mol. The maximum absolute atomic E-state index is 13.0. The van der Waals surface area contributed by atoms with Crippen molar-refractivity contribution in [3.05, 3.63) is 35.1 Å². The van der Waals surface area contributed by atoms with E-state index in [2.05, 4.69) is 0 Å². The summed E-state index contributed by atoms with van der Waals surface area (Å²) in [4.78, 5) is 0. The van der Waals surface area contributed by atoms with E-state index in [1.807, 2.05) is 0 Å². The summed E-state index contributed by atoms with van der Waals surface area (Å²) in [6.45, 7) is -0.279. The number of aliphatic hydroxyl groups is 3. The van der Waals surface area contributed by atoms with E-state index in [9.17, 15) is 14.6 Å². The van der Waals surface area contributed by atoms with Gasteiger partial charge in [0.05, 0.1) is 17.7 Å². The van der Waals surface area contributed by atoms with Gasteiger partial charge in [0, 0.05) is 6.61 Å². The molecule has 0 radical (unpaired) electrons. The second-order valence-electron chi connectivity index (χ2n) is 3.41. The Kier molecular flexibility index (Phi) is 4.38. The van der Waals surface area contributed by atoms with Crippen LogP contribution in [0.2, 0.25) is 0 Å². The number of rotatable bonds is 4. The normalized spacial score (nSPS) is 14.2. The van der Waals surface area contributed by atoms with Crippen molar-refractivity contribution in [2.75, 3.05) is 6.61 Å². The van der Waals surface area contributed by atoms with Crippen molar-refractivity contribution in [1.29, 1.82) is 5.26 Å². The zero-order valence-electron chi connectivity index (χ0n) is 8.47. The van der Waals surface area contributed by atoms with Gasteiger partial charge in [0.2, 0.25) is 0 Å². The van der Waals surface area contributed by atoms with Crippen molar-refractivity contribution in [2.24, 2.45) is 0 Å². The molecule has 0 saturated carbocycles. The first kappa shape index (κ1) is 12.6. The van der Waals surface area contributed by atoms with Gasteiger partial charge in [-0.2, -0.15) is 5.26 Å². The summed E-state index contributed by atoms with van der Waals surface area (Å²) in [5.74, 6) is -0.649. The van der Waals surface area contributed by atoms with E-state index in [0.717, 1.165) is 12.1 Å². The Hall–Kier alpha value is -1.48. The number of nitriles is 1. The Morgan fingerprint density at radius 3 is 2.56 bits per heavy atom. The van der Waals surface area contributed by atoms with E-state index >= 15 is 0 Å². The van der Waals surface area contributed by atoms with Crippen molar-refractivity contribution in [3.63, 3.8) is 0 Å². The minimum absolute atomic E-state index is 0.0143. The summed E-state index contributed by atoms with van der Waals surface area (Å²) < 4.78 is 13.0. The lowest BCUT2D eigenvalue weighted by Gasteiger charge is -2.17. The van der Waals surface area contributed by atoms with Gasteiger partial charge in [-0.1, -0.05) is 0 Å². The molecular formula is C11H12FNO3. The van der Waals surface area contributed by atoms with Gasteiger partial charge in [-0.25, -0.2) is 4.39 Å². The van der Waals surface area contributed by atoms with Crippen molar-refractivity contribution in [2.45, 2.75) is 18.6 Å². The lowest BCUT2D eigenvalue weighted by Crippen LogP contribution is -2.19. The summed E-state index contributed by atoms with van der Waals surface area (Å²) in [5, 5.41) is 36.2. The van der Waals surface area contributed by atoms with Gasteiger partial charge in [-0.15, -0.1) is 0 Å². The van der Waals surface area contributed by atoms with E-state index in [-0.39, 0.29) is 24.2 Å². The molecule has 3 N–H and O–H groups in total. The highest BCUT2D eigenvalue weighted by Crippen LogP contribution is 2.21. The third-order valence-corrected chi connectivity index (χ3v) is 2.18. The fourth-order valence-corrected chi connectivity index (χ4v) is 1.36. The zero-order chi connectivity index (χ0) is 12.1. The molecule has 0 saturated heterocycles.